The molecule has 0 radical (unpaired) electrons. The summed E-state index contributed by atoms with van der Waals surface area (Å²) in [4.78, 5) is 13.6. The van der Waals surface area contributed by atoms with Crippen LogP contribution in [0.3, 0.4) is 0 Å². The van der Waals surface area contributed by atoms with Crippen LogP contribution in [-0.2, 0) is 13.6 Å². The molecule has 0 amide bonds. The van der Waals surface area contributed by atoms with E-state index in [4.69, 9.17) is 4.74 Å². The molecule has 7 heteroatoms. The number of fused-ring (bicyclic) bond motifs is 1. The van der Waals surface area contributed by atoms with E-state index in [0.29, 0.717) is 12.4 Å². The number of rotatable bonds is 5. The minimum atomic E-state index is 0.568. The average Bonchev–Trinajstić information content (AvgIpc) is 3.08. The predicted octanol–water partition coefficient (Wildman–Crippen LogP) is 3.05. The lowest BCUT2D eigenvalue weighted by Crippen LogP contribution is -2.05. The molecule has 0 spiro atoms. The molecule has 0 fully saturated rings. The number of pyridine rings is 1. The molecule has 3 heterocycles. The smallest absolute Gasteiger partial charge is 0.182 e. The first-order chi connectivity index (χ1) is 12.7. The molecule has 0 aliphatic carbocycles. The zero-order valence-electron chi connectivity index (χ0n) is 14.5. The quantitative estimate of drug-likeness (QED) is 0.598. The number of hydrogen-bond acceptors (Lipinski definition) is 6. The molecular weight excluding hydrogens is 328 g/mol. The number of aryl methyl sites for hydroxylation is 1. The van der Waals surface area contributed by atoms with Crippen LogP contribution in [0.1, 0.15) is 5.56 Å². The van der Waals surface area contributed by atoms with E-state index >= 15 is 0 Å². The van der Waals surface area contributed by atoms with E-state index in [1.54, 1.807) is 24.2 Å². The molecule has 130 valence electrons. The van der Waals surface area contributed by atoms with Crippen molar-refractivity contribution in [3.63, 3.8) is 0 Å². The van der Waals surface area contributed by atoms with Crippen LogP contribution in [0.2, 0.25) is 0 Å². The van der Waals surface area contributed by atoms with E-state index < -0.39 is 0 Å². The zero-order valence-corrected chi connectivity index (χ0v) is 14.5. The Morgan fingerprint density at radius 1 is 1.08 bits per heavy atom. The highest BCUT2D eigenvalue weighted by Crippen LogP contribution is 2.24. The third-order valence-electron chi connectivity index (χ3n) is 4.11. The fourth-order valence-electron chi connectivity index (χ4n) is 2.70. The van der Waals surface area contributed by atoms with Gasteiger partial charge in [-0.3, -0.25) is 9.67 Å². The molecule has 26 heavy (non-hydrogen) atoms. The Bertz CT molecular complexity index is 1030. The molecule has 1 aromatic carbocycles. The Morgan fingerprint density at radius 3 is 2.65 bits per heavy atom. The average molecular weight is 346 g/mol. The molecule has 0 aliphatic rings. The number of benzene rings is 1. The SMILES string of the molecule is COc1ccc(CNc2nc(-c3ccccn3)nc3c2cnn3C)cc1. The van der Waals surface area contributed by atoms with Crippen molar-refractivity contribution in [3.8, 4) is 17.3 Å². The lowest BCUT2D eigenvalue weighted by Gasteiger charge is -2.09. The number of aromatic nitrogens is 5. The van der Waals surface area contributed by atoms with Gasteiger partial charge < -0.3 is 10.1 Å². The van der Waals surface area contributed by atoms with Gasteiger partial charge in [0.25, 0.3) is 0 Å². The van der Waals surface area contributed by atoms with Gasteiger partial charge in [-0.15, -0.1) is 0 Å². The summed E-state index contributed by atoms with van der Waals surface area (Å²) >= 11 is 0. The molecule has 0 unspecified atom stereocenters. The first kappa shape index (κ1) is 16.0. The Kier molecular flexibility index (Phi) is 4.18. The normalized spacial score (nSPS) is 10.8. The second kappa shape index (κ2) is 6.79. The summed E-state index contributed by atoms with van der Waals surface area (Å²) in [6, 6.07) is 13.6. The number of nitrogens with one attached hydrogen (secondary N) is 1. The second-order valence-corrected chi connectivity index (χ2v) is 5.82. The minimum Gasteiger partial charge on any atom is -0.497 e. The van der Waals surface area contributed by atoms with E-state index in [9.17, 15) is 0 Å². The van der Waals surface area contributed by atoms with Crippen LogP contribution in [0.15, 0.2) is 54.9 Å². The van der Waals surface area contributed by atoms with E-state index in [2.05, 4.69) is 25.4 Å². The molecule has 7 nitrogen and oxygen atoms in total. The number of hydrogen-bond donors (Lipinski definition) is 1. The third kappa shape index (κ3) is 3.06. The first-order valence-electron chi connectivity index (χ1n) is 8.22. The van der Waals surface area contributed by atoms with Gasteiger partial charge in [-0.2, -0.15) is 5.10 Å². The van der Waals surface area contributed by atoms with Gasteiger partial charge in [-0.1, -0.05) is 18.2 Å². The first-order valence-corrected chi connectivity index (χ1v) is 8.22. The van der Waals surface area contributed by atoms with Crippen LogP contribution in [-0.4, -0.2) is 31.8 Å². The molecule has 4 aromatic rings. The largest absolute Gasteiger partial charge is 0.497 e. The Balaban J connectivity index is 1.68. The molecule has 0 saturated heterocycles. The Hall–Kier alpha value is -3.48. The summed E-state index contributed by atoms with van der Waals surface area (Å²) in [5, 5.41) is 8.57. The van der Waals surface area contributed by atoms with Gasteiger partial charge in [-0.05, 0) is 29.8 Å². The summed E-state index contributed by atoms with van der Waals surface area (Å²) in [6.45, 7) is 0.632. The fraction of sp³-hybridized carbons (Fsp3) is 0.158. The van der Waals surface area contributed by atoms with Crippen LogP contribution in [0, 0.1) is 0 Å². The van der Waals surface area contributed by atoms with Crippen LogP contribution in [0.25, 0.3) is 22.6 Å². The minimum absolute atomic E-state index is 0.568. The molecule has 3 aromatic heterocycles. The second-order valence-electron chi connectivity index (χ2n) is 5.82. The van der Waals surface area contributed by atoms with Crippen molar-refractivity contribution in [2.75, 3.05) is 12.4 Å². The topological polar surface area (TPSA) is 77.8 Å². The van der Waals surface area contributed by atoms with Crippen LogP contribution in [0.4, 0.5) is 5.82 Å². The molecule has 4 rings (SSSR count). The monoisotopic (exact) mass is 346 g/mol. The maximum absolute atomic E-state index is 5.20. The molecule has 0 atom stereocenters. The van der Waals surface area contributed by atoms with Gasteiger partial charge in [0.05, 0.1) is 18.7 Å². The van der Waals surface area contributed by atoms with Crippen molar-refractivity contribution in [1.29, 1.82) is 0 Å². The molecule has 0 aliphatic heterocycles. The Morgan fingerprint density at radius 2 is 1.92 bits per heavy atom. The maximum atomic E-state index is 5.20. The van der Waals surface area contributed by atoms with Crippen molar-refractivity contribution in [2.45, 2.75) is 6.54 Å². The van der Waals surface area contributed by atoms with Crippen molar-refractivity contribution < 1.29 is 4.74 Å². The standard InChI is InChI=1S/C19H18N6O/c1-25-19-15(12-22-25)17(21-11-13-6-8-14(26-2)9-7-13)23-18(24-19)16-5-3-4-10-20-16/h3-10,12H,11H2,1-2H3,(H,21,23,24). The summed E-state index contributed by atoms with van der Waals surface area (Å²) in [5.74, 6) is 2.14. The summed E-state index contributed by atoms with van der Waals surface area (Å²) in [6.07, 6.45) is 3.50. The summed E-state index contributed by atoms with van der Waals surface area (Å²) in [5.41, 5.74) is 2.61. The zero-order chi connectivity index (χ0) is 17.9. The van der Waals surface area contributed by atoms with Crippen molar-refractivity contribution in [2.24, 2.45) is 7.05 Å². The summed E-state index contributed by atoms with van der Waals surface area (Å²) in [7, 11) is 3.53. The highest BCUT2D eigenvalue weighted by Gasteiger charge is 2.13. The van der Waals surface area contributed by atoms with Crippen molar-refractivity contribution in [3.05, 3.63) is 60.4 Å². The van der Waals surface area contributed by atoms with Gasteiger partial charge in [0.15, 0.2) is 11.5 Å². The van der Waals surface area contributed by atoms with Gasteiger partial charge >= 0.3 is 0 Å². The van der Waals surface area contributed by atoms with Gasteiger partial charge in [0, 0.05) is 19.8 Å². The number of anilines is 1. The van der Waals surface area contributed by atoms with E-state index in [1.165, 1.54) is 0 Å². The Labute approximate surface area is 150 Å². The number of methoxy groups -OCH3 is 1. The lowest BCUT2D eigenvalue weighted by molar-refractivity contribution is 0.414. The van der Waals surface area contributed by atoms with Crippen molar-refractivity contribution >= 4 is 16.9 Å². The number of nitrogens with zero attached hydrogens (tertiary/aromatic N) is 5. The van der Waals surface area contributed by atoms with Crippen LogP contribution >= 0.6 is 0 Å². The predicted molar refractivity (Wildman–Crippen MR) is 99.9 cm³/mol. The highest BCUT2D eigenvalue weighted by molar-refractivity contribution is 5.87. The fourth-order valence-corrected chi connectivity index (χ4v) is 2.70. The van der Waals surface area contributed by atoms with E-state index in [1.807, 2.05) is 49.5 Å². The van der Waals surface area contributed by atoms with Gasteiger partial charge in [0.2, 0.25) is 0 Å². The van der Waals surface area contributed by atoms with E-state index in [-0.39, 0.29) is 0 Å². The van der Waals surface area contributed by atoms with Crippen LogP contribution in [0.5, 0.6) is 5.75 Å². The highest BCUT2D eigenvalue weighted by atomic mass is 16.5. The molecular formula is C19H18N6O. The van der Waals surface area contributed by atoms with E-state index in [0.717, 1.165) is 33.9 Å². The van der Waals surface area contributed by atoms with Crippen LogP contribution < -0.4 is 10.1 Å². The van der Waals surface area contributed by atoms with Gasteiger partial charge in [0.1, 0.15) is 17.3 Å². The van der Waals surface area contributed by atoms with Crippen molar-refractivity contribution in [1.82, 2.24) is 24.7 Å². The maximum Gasteiger partial charge on any atom is 0.182 e. The lowest BCUT2D eigenvalue weighted by atomic mass is 10.2. The summed E-state index contributed by atoms with van der Waals surface area (Å²) < 4.78 is 6.94. The van der Waals surface area contributed by atoms with Gasteiger partial charge in [-0.25, -0.2) is 9.97 Å². The third-order valence-corrected chi connectivity index (χ3v) is 4.11. The molecule has 0 bridgehead atoms. The number of ether oxygens (including phenoxy) is 1. The molecule has 1 N–H and O–H groups in total. The molecule has 0 saturated carbocycles.